The molecule has 0 spiro atoms. The molecule has 30 heavy (non-hydrogen) atoms. The average molecular weight is 444 g/mol. The van der Waals surface area contributed by atoms with Crippen LogP contribution in [0.2, 0.25) is 5.15 Å². The van der Waals surface area contributed by atoms with Crippen molar-refractivity contribution in [2.75, 3.05) is 24.6 Å². The zero-order valence-corrected chi connectivity index (χ0v) is 18.2. The fourth-order valence-corrected chi connectivity index (χ4v) is 3.70. The monoisotopic (exact) mass is 443 g/mol. The first-order valence-corrected chi connectivity index (χ1v) is 10.6. The van der Waals surface area contributed by atoms with Crippen LogP contribution in [0.4, 0.5) is 22.2 Å². The second kappa shape index (κ2) is 10.3. The summed E-state index contributed by atoms with van der Waals surface area (Å²) in [7, 11) is 0. The van der Waals surface area contributed by atoms with Crippen LogP contribution >= 0.6 is 22.9 Å². The number of anilines is 1. The van der Waals surface area contributed by atoms with E-state index in [2.05, 4.69) is 25.1 Å². The SMILES string of the molecule is CCN(CCO)c1ccc(N=Nc2nc(Cl)c(C=Nc3ccc(O)cc3C)s2)cc1. The molecule has 0 amide bonds. The Morgan fingerprint density at radius 2 is 1.93 bits per heavy atom. The number of benzene rings is 2. The maximum atomic E-state index is 9.49. The van der Waals surface area contributed by atoms with Gasteiger partial charge < -0.3 is 15.1 Å². The summed E-state index contributed by atoms with van der Waals surface area (Å²) < 4.78 is 0. The van der Waals surface area contributed by atoms with Crippen molar-refractivity contribution < 1.29 is 10.2 Å². The van der Waals surface area contributed by atoms with Crippen LogP contribution < -0.4 is 4.90 Å². The number of aliphatic hydroxyl groups is 1. The molecule has 0 aliphatic rings. The lowest BCUT2D eigenvalue weighted by molar-refractivity contribution is 0.302. The van der Waals surface area contributed by atoms with Gasteiger partial charge in [0.2, 0.25) is 5.13 Å². The van der Waals surface area contributed by atoms with Crippen LogP contribution in [0, 0.1) is 6.92 Å². The average Bonchev–Trinajstić information content (AvgIpc) is 3.10. The lowest BCUT2D eigenvalue weighted by atomic mass is 10.2. The van der Waals surface area contributed by atoms with E-state index in [0.29, 0.717) is 27.4 Å². The highest BCUT2D eigenvalue weighted by Crippen LogP contribution is 2.30. The van der Waals surface area contributed by atoms with E-state index < -0.39 is 0 Å². The second-order valence-corrected chi connectivity index (χ2v) is 7.77. The summed E-state index contributed by atoms with van der Waals surface area (Å²) >= 11 is 7.49. The Hall–Kier alpha value is -2.81. The number of aliphatic hydroxyl groups excluding tert-OH is 1. The van der Waals surface area contributed by atoms with Crippen molar-refractivity contribution in [3.63, 3.8) is 0 Å². The fourth-order valence-electron chi connectivity index (χ4n) is 2.76. The maximum absolute atomic E-state index is 9.49. The van der Waals surface area contributed by atoms with Gasteiger partial charge in [-0.25, -0.2) is 4.98 Å². The number of aromatic nitrogens is 1. The minimum Gasteiger partial charge on any atom is -0.508 e. The summed E-state index contributed by atoms with van der Waals surface area (Å²) in [5.41, 5.74) is 3.31. The Kier molecular flexibility index (Phi) is 7.51. The van der Waals surface area contributed by atoms with Crippen LogP contribution in [0.15, 0.2) is 57.7 Å². The van der Waals surface area contributed by atoms with Gasteiger partial charge in [0.25, 0.3) is 0 Å². The first-order valence-electron chi connectivity index (χ1n) is 9.37. The molecule has 0 fully saturated rings. The van der Waals surface area contributed by atoms with Crippen LogP contribution in [0.25, 0.3) is 0 Å². The molecule has 0 unspecified atom stereocenters. The van der Waals surface area contributed by atoms with E-state index in [4.69, 9.17) is 16.7 Å². The number of hydrogen-bond donors (Lipinski definition) is 2. The number of hydrogen-bond acceptors (Lipinski definition) is 8. The van der Waals surface area contributed by atoms with Gasteiger partial charge in [0.05, 0.1) is 22.9 Å². The Balaban J connectivity index is 1.70. The number of aromatic hydroxyl groups is 1. The predicted octanol–water partition coefficient (Wildman–Crippen LogP) is 5.80. The summed E-state index contributed by atoms with van der Waals surface area (Å²) in [4.78, 5) is 11.4. The summed E-state index contributed by atoms with van der Waals surface area (Å²) in [6, 6.07) is 12.6. The first-order chi connectivity index (χ1) is 14.5. The topological polar surface area (TPSA) is 93.7 Å². The third-order valence-electron chi connectivity index (χ3n) is 4.32. The van der Waals surface area contributed by atoms with Crippen LogP contribution in [0.5, 0.6) is 5.75 Å². The fraction of sp³-hybridized carbons (Fsp3) is 0.238. The number of phenolic OH excluding ortho intramolecular Hbond substituents is 1. The first kappa shape index (κ1) is 21.9. The van der Waals surface area contributed by atoms with Crippen molar-refractivity contribution in [1.82, 2.24) is 4.98 Å². The largest absolute Gasteiger partial charge is 0.508 e. The third-order valence-corrected chi connectivity index (χ3v) is 5.59. The predicted molar refractivity (Wildman–Crippen MR) is 123 cm³/mol. The van der Waals surface area contributed by atoms with Gasteiger partial charge in [-0.1, -0.05) is 22.9 Å². The van der Waals surface area contributed by atoms with E-state index in [-0.39, 0.29) is 12.4 Å². The smallest absolute Gasteiger partial charge is 0.232 e. The number of aliphatic imine (C=N–C) groups is 1. The molecule has 0 bridgehead atoms. The van der Waals surface area contributed by atoms with E-state index in [9.17, 15) is 5.11 Å². The van der Waals surface area contributed by atoms with Crippen molar-refractivity contribution in [2.45, 2.75) is 13.8 Å². The number of nitrogens with zero attached hydrogens (tertiary/aromatic N) is 5. The van der Waals surface area contributed by atoms with E-state index >= 15 is 0 Å². The number of aryl methyl sites for hydroxylation is 1. The van der Waals surface area contributed by atoms with Crippen LogP contribution in [-0.2, 0) is 0 Å². The minimum absolute atomic E-state index is 0.109. The molecular weight excluding hydrogens is 422 g/mol. The van der Waals surface area contributed by atoms with Gasteiger partial charge in [-0.05, 0) is 61.9 Å². The van der Waals surface area contributed by atoms with Gasteiger partial charge in [0.1, 0.15) is 5.75 Å². The summed E-state index contributed by atoms with van der Waals surface area (Å²) in [6.07, 6.45) is 1.63. The molecule has 3 rings (SSSR count). The van der Waals surface area contributed by atoms with E-state index in [0.717, 1.165) is 23.5 Å². The molecule has 0 aliphatic heterocycles. The van der Waals surface area contributed by atoms with Gasteiger partial charge >= 0.3 is 0 Å². The second-order valence-electron chi connectivity index (χ2n) is 6.40. The van der Waals surface area contributed by atoms with Crippen molar-refractivity contribution in [2.24, 2.45) is 15.2 Å². The van der Waals surface area contributed by atoms with Crippen molar-refractivity contribution in [3.05, 3.63) is 58.1 Å². The molecule has 1 aromatic heterocycles. The minimum atomic E-state index is 0.109. The van der Waals surface area contributed by atoms with Gasteiger partial charge in [-0.2, -0.15) is 0 Å². The number of likely N-dealkylation sites (N-methyl/N-ethyl adjacent to an activating group) is 1. The molecule has 1 heterocycles. The third kappa shape index (κ3) is 5.63. The summed E-state index contributed by atoms with van der Waals surface area (Å²) in [6.45, 7) is 5.42. The van der Waals surface area contributed by atoms with Gasteiger partial charge in [-0.15, -0.1) is 10.2 Å². The molecule has 2 aromatic carbocycles. The van der Waals surface area contributed by atoms with E-state index in [1.807, 2.05) is 38.1 Å². The number of thiazole rings is 1. The molecular formula is C21H22ClN5O2S. The Bertz CT molecular complexity index is 1050. The number of azo groups is 1. The van der Waals surface area contributed by atoms with Crippen LogP contribution in [0.1, 0.15) is 17.4 Å². The molecule has 0 aliphatic carbocycles. The molecule has 156 valence electrons. The molecule has 9 heteroatoms. The van der Waals surface area contributed by atoms with Crippen LogP contribution in [0.3, 0.4) is 0 Å². The molecule has 0 atom stereocenters. The highest BCUT2D eigenvalue weighted by molar-refractivity contribution is 7.17. The molecule has 2 N–H and O–H groups in total. The number of rotatable bonds is 8. The highest BCUT2D eigenvalue weighted by Gasteiger charge is 2.08. The molecule has 0 saturated carbocycles. The Morgan fingerprint density at radius 3 is 2.60 bits per heavy atom. The normalized spacial score (nSPS) is 11.6. The maximum Gasteiger partial charge on any atom is 0.232 e. The zero-order chi connectivity index (χ0) is 21.5. The summed E-state index contributed by atoms with van der Waals surface area (Å²) in [5, 5.41) is 27.8. The highest BCUT2D eigenvalue weighted by atomic mass is 35.5. The van der Waals surface area contributed by atoms with Crippen molar-refractivity contribution >= 4 is 51.3 Å². The van der Waals surface area contributed by atoms with E-state index in [1.165, 1.54) is 11.3 Å². The number of phenols is 1. The summed E-state index contributed by atoms with van der Waals surface area (Å²) in [5.74, 6) is 0.203. The van der Waals surface area contributed by atoms with Crippen molar-refractivity contribution in [3.8, 4) is 5.75 Å². The van der Waals surface area contributed by atoms with Gasteiger partial charge in [0, 0.05) is 25.0 Å². The lowest BCUT2D eigenvalue weighted by Crippen LogP contribution is -2.25. The Labute approximate surface area is 184 Å². The van der Waals surface area contributed by atoms with E-state index in [1.54, 1.807) is 24.4 Å². The van der Waals surface area contributed by atoms with Gasteiger partial charge in [0.15, 0.2) is 5.15 Å². The van der Waals surface area contributed by atoms with Gasteiger partial charge in [-0.3, -0.25) is 4.99 Å². The molecule has 3 aromatic rings. The zero-order valence-electron chi connectivity index (χ0n) is 16.7. The lowest BCUT2D eigenvalue weighted by Gasteiger charge is -2.21. The van der Waals surface area contributed by atoms with Crippen LogP contribution in [-0.4, -0.2) is 41.1 Å². The Morgan fingerprint density at radius 1 is 1.17 bits per heavy atom. The number of halogens is 1. The van der Waals surface area contributed by atoms with Crippen molar-refractivity contribution in [1.29, 1.82) is 0 Å². The quantitative estimate of drug-likeness (QED) is 0.340. The molecule has 7 nitrogen and oxygen atoms in total. The standard InChI is InChI=1S/C21H22ClN5O2S/c1-3-27(10-11-28)16-6-4-15(5-7-16)25-26-21-24-20(22)19(30-21)13-23-18-9-8-17(29)12-14(18)2/h4-9,12-13,28-29H,3,10-11H2,1-2H3. The molecule has 0 saturated heterocycles. The molecule has 0 radical (unpaired) electrons.